The number of halogens is 6. The molecule has 4 rings (SSSR count). The van der Waals surface area contributed by atoms with Gasteiger partial charge in [0.15, 0.2) is 0 Å². The van der Waals surface area contributed by atoms with Crippen molar-refractivity contribution in [1.29, 1.82) is 0 Å². The van der Waals surface area contributed by atoms with Crippen molar-refractivity contribution in [3.8, 4) is 0 Å². The number of rotatable bonds is 3. The highest BCUT2D eigenvalue weighted by molar-refractivity contribution is 5.81. The van der Waals surface area contributed by atoms with Crippen LogP contribution in [-0.2, 0) is 23.9 Å². The van der Waals surface area contributed by atoms with Gasteiger partial charge in [0.25, 0.3) is 0 Å². The molecule has 0 radical (unpaired) electrons. The minimum absolute atomic E-state index is 0.0402. The Bertz CT molecular complexity index is 1070. The quantitative estimate of drug-likeness (QED) is 0.692. The molecule has 1 amide bonds. The first-order chi connectivity index (χ1) is 14.8. The van der Waals surface area contributed by atoms with E-state index in [1.165, 1.54) is 4.90 Å². The first-order valence-electron chi connectivity index (χ1n) is 9.58. The van der Waals surface area contributed by atoms with E-state index in [-0.39, 0.29) is 31.0 Å². The predicted molar refractivity (Wildman–Crippen MR) is 94.3 cm³/mol. The van der Waals surface area contributed by atoms with E-state index in [0.717, 1.165) is 27.6 Å². The number of carbonyl (C=O) groups excluding carboxylic acids is 1. The molecule has 1 saturated heterocycles. The van der Waals surface area contributed by atoms with Crippen molar-refractivity contribution < 1.29 is 36.2 Å². The number of fused-ring (bicyclic) bond motifs is 1. The summed E-state index contributed by atoms with van der Waals surface area (Å²) >= 11 is 0. The molecule has 2 atom stereocenters. The van der Waals surface area contributed by atoms with Crippen molar-refractivity contribution in [2.75, 3.05) is 13.1 Å². The maximum Gasteiger partial charge on any atom is 0.433 e. The molecule has 0 bridgehead atoms. The molecule has 2 aromatic rings. The van der Waals surface area contributed by atoms with Gasteiger partial charge in [-0.2, -0.15) is 31.4 Å². The number of likely N-dealkylation sites (tertiary alicyclic amines) is 1. The van der Waals surface area contributed by atoms with Crippen LogP contribution < -0.4 is 5.69 Å². The summed E-state index contributed by atoms with van der Waals surface area (Å²) in [6, 6.07) is 0.366. The fourth-order valence-corrected chi connectivity index (χ4v) is 3.86. The second kappa shape index (κ2) is 7.60. The van der Waals surface area contributed by atoms with Crippen molar-refractivity contribution in [3.05, 3.63) is 45.9 Å². The molecule has 0 aliphatic carbocycles. The Kier molecular flexibility index (Phi) is 5.30. The summed E-state index contributed by atoms with van der Waals surface area (Å²) in [4.78, 5) is 30.1. The number of nitrogens with zero attached hydrogens (tertiary/aromatic N) is 5. The number of carbonyl (C=O) groups is 1. The molecule has 4 heterocycles. The maximum atomic E-state index is 13.4. The molecule has 1 unspecified atom stereocenters. The number of aliphatic hydroxyl groups excluding tert-OH is 1. The zero-order chi connectivity index (χ0) is 23.4. The highest BCUT2D eigenvalue weighted by Gasteiger charge is 2.49. The molecule has 0 spiro atoms. The number of amides is 1. The minimum Gasteiger partial charge on any atom is -0.389 e. The lowest BCUT2D eigenvalue weighted by Gasteiger charge is -2.40. The van der Waals surface area contributed by atoms with Gasteiger partial charge in [0.1, 0.15) is 17.6 Å². The Morgan fingerprint density at radius 2 is 1.84 bits per heavy atom. The second-order valence-corrected chi connectivity index (χ2v) is 7.87. The Morgan fingerprint density at radius 3 is 2.38 bits per heavy atom. The molecule has 174 valence electrons. The van der Waals surface area contributed by atoms with E-state index in [9.17, 15) is 41.0 Å². The number of aliphatic hydroxyl groups is 1. The van der Waals surface area contributed by atoms with Crippen LogP contribution in [0.2, 0.25) is 0 Å². The summed E-state index contributed by atoms with van der Waals surface area (Å²) in [5.74, 6) is -2.84. The first kappa shape index (κ1) is 22.3. The van der Waals surface area contributed by atoms with Crippen LogP contribution in [0.25, 0.3) is 0 Å². The van der Waals surface area contributed by atoms with E-state index in [1.807, 2.05) is 0 Å². The highest BCUT2D eigenvalue weighted by Crippen LogP contribution is 2.39. The van der Waals surface area contributed by atoms with Gasteiger partial charge in [-0.15, -0.1) is 0 Å². The lowest BCUT2D eigenvalue weighted by Crippen LogP contribution is -2.57. The predicted octanol–water partition coefficient (Wildman–Crippen LogP) is 1.38. The lowest BCUT2D eigenvalue weighted by atomic mass is 9.90. The van der Waals surface area contributed by atoms with Crippen molar-refractivity contribution in [1.82, 2.24) is 24.2 Å². The summed E-state index contributed by atoms with van der Waals surface area (Å²) in [5, 5.41) is 13.3. The van der Waals surface area contributed by atoms with E-state index in [0.29, 0.717) is 0 Å². The number of hydrogen-bond acceptors (Lipinski definition) is 5. The molecule has 0 aromatic carbocycles. The lowest BCUT2D eigenvalue weighted by molar-refractivity contribution is -0.184. The van der Waals surface area contributed by atoms with Crippen LogP contribution in [0, 0.1) is 5.92 Å². The summed E-state index contributed by atoms with van der Waals surface area (Å²) in [7, 11) is 0. The molecule has 2 aromatic heterocycles. The Balaban J connectivity index is 1.65. The third-order valence-corrected chi connectivity index (χ3v) is 5.56. The fourth-order valence-electron chi connectivity index (χ4n) is 3.86. The summed E-state index contributed by atoms with van der Waals surface area (Å²) < 4.78 is 80.0. The van der Waals surface area contributed by atoms with E-state index < -0.39 is 60.5 Å². The molecule has 8 nitrogen and oxygen atoms in total. The van der Waals surface area contributed by atoms with Crippen LogP contribution in [0.5, 0.6) is 0 Å². The SMILES string of the molecule is O=C([C@@H]1CC(C(F)(F)F)Cc2nn(Cc3ccc(C(F)(F)F)nc3)c(=O)n21)N1CC(O)C1. The average molecular weight is 465 g/mol. The van der Waals surface area contributed by atoms with E-state index in [1.54, 1.807) is 0 Å². The van der Waals surface area contributed by atoms with E-state index >= 15 is 0 Å². The Morgan fingerprint density at radius 1 is 1.16 bits per heavy atom. The van der Waals surface area contributed by atoms with Gasteiger partial charge < -0.3 is 10.0 Å². The summed E-state index contributed by atoms with van der Waals surface area (Å²) in [6.07, 6.45) is -10.4. The zero-order valence-corrected chi connectivity index (χ0v) is 16.3. The van der Waals surface area contributed by atoms with Crippen molar-refractivity contribution in [3.63, 3.8) is 0 Å². The first-order valence-corrected chi connectivity index (χ1v) is 9.58. The molecule has 0 saturated carbocycles. The largest absolute Gasteiger partial charge is 0.433 e. The topological polar surface area (TPSA) is 93.2 Å². The van der Waals surface area contributed by atoms with Gasteiger partial charge in [-0.25, -0.2) is 9.48 Å². The van der Waals surface area contributed by atoms with Crippen LogP contribution in [0.3, 0.4) is 0 Å². The van der Waals surface area contributed by atoms with Crippen LogP contribution >= 0.6 is 0 Å². The van der Waals surface area contributed by atoms with Crippen molar-refractivity contribution in [2.45, 2.75) is 43.9 Å². The van der Waals surface area contributed by atoms with Crippen LogP contribution in [-0.4, -0.2) is 60.6 Å². The van der Waals surface area contributed by atoms with Gasteiger partial charge in [0, 0.05) is 25.7 Å². The Labute approximate surface area is 176 Å². The van der Waals surface area contributed by atoms with Crippen molar-refractivity contribution >= 4 is 5.91 Å². The molecule has 32 heavy (non-hydrogen) atoms. The van der Waals surface area contributed by atoms with Crippen LogP contribution in [0.15, 0.2) is 23.1 Å². The number of β-amino-alcohol motifs (C(OH)–C–C–N with tert-alkyl or cyclic N) is 1. The van der Waals surface area contributed by atoms with Crippen LogP contribution in [0.1, 0.15) is 29.5 Å². The third-order valence-electron chi connectivity index (χ3n) is 5.56. The summed E-state index contributed by atoms with van der Waals surface area (Å²) in [5.41, 5.74) is -1.80. The second-order valence-electron chi connectivity index (χ2n) is 7.87. The smallest absolute Gasteiger partial charge is 0.389 e. The molecule has 2 aliphatic rings. The fraction of sp³-hybridized carbons (Fsp3) is 0.556. The number of alkyl halides is 6. The number of aromatic nitrogens is 4. The monoisotopic (exact) mass is 465 g/mol. The van der Waals surface area contributed by atoms with Gasteiger partial charge in [0.05, 0.1) is 18.6 Å². The summed E-state index contributed by atoms with van der Waals surface area (Å²) in [6.45, 7) is -0.410. The molecular formula is C18H17F6N5O3. The van der Waals surface area contributed by atoms with Gasteiger partial charge in [-0.1, -0.05) is 6.07 Å². The zero-order valence-electron chi connectivity index (χ0n) is 16.3. The van der Waals surface area contributed by atoms with Gasteiger partial charge in [0.2, 0.25) is 5.91 Å². The molecule has 14 heteroatoms. The average Bonchev–Trinajstić information content (AvgIpc) is 2.99. The molecule has 1 fully saturated rings. The van der Waals surface area contributed by atoms with Gasteiger partial charge >= 0.3 is 18.0 Å². The standard InChI is InChI=1S/C18H17F6N5O3/c19-17(20,21)10-3-12(15(31)27-7-11(30)8-27)29-14(4-10)26-28(16(29)32)6-9-1-2-13(25-5-9)18(22,23)24/h1-2,5,10-12,30H,3-4,6-8H2/t10?,12-/m0/s1. The van der Waals surface area contributed by atoms with Gasteiger partial charge in [-0.3, -0.25) is 14.3 Å². The van der Waals surface area contributed by atoms with Gasteiger partial charge in [-0.05, 0) is 18.1 Å². The number of hydrogen-bond donors (Lipinski definition) is 1. The Hall–Kier alpha value is -2.90. The minimum atomic E-state index is -4.65. The third kappa shape index (κ3) is 4.10. The molecular weight excluding hydrogens is 448 g/mol. The van der Waals surface area contributed by atoms with E-state index in [4.69, 9.17) is 0 Å². The molecule has 2 aliphatic heterocycles. The van der Waals surface area contributed by atoms with E-state index in [2.05, 4.69) is 10.1 Å². The van der Waals surface area contributed by atoms with Crippen LogP contribution in [0.4, 0.5) is 26.3 Å². The molecule has 1 N–H and O–H groups in total. The highest BCUT2D eigenvalue weighted by atomic mass is 19.4. The van der Waals surface area contributed by atoms with Crippen molar-refractivity contribution in [2.24, 2.45) is 5.92 Å². The normalized spacial score (nSPS) is 21.9. The maximum absolute atomic E-state index is 13.4. The number of pyridine rings is 1.